The molecule has 0 radical (unpaired) electrons. The van der Waals surface area contributed by atoms with Crippen molar-refractivity contribution in [1.82, 2.24) is 10.2 Å². The van der Waals surface area contributed by atoms with E-state index in [1.165, 1.54) is 0 Å². The van der Waals surface area contributed by atoms with E-state index in [9.17, 15) is 9.59 Å². The fourth-order valence-corrected chi connectivity index (χ4v) is 4.39. The van der Waals surface area contributed by atoms with Gasteiger partial charge in [0, 0.05) is 19.0 Å². The van der Waals surface area contributed by atoms with Crippen LogP contribution in [0.4, 0.5) is 0 Å². The Kier molecular flexibility index (Phi) is 10.4. The van der Waals surface area contributed by atoms with Crippen LogP contribution in [0.5, 0.6) is 5.75 Å². The predicted molar refractivity (Wildman–Crippen MR) is 150 cm³/mol. The van der Waals surface area contributed by atoms with Crippen LogP contribution in [0.2, 0.25) is 10.0 Å². The van der Waals surface area contributed by atoms with Crippen molar-refractivity contribution >= 4 is 35.0 Å². The molecule has 196 valence electrons. The Labute approximate surface area is 229 Å². The fourth-order valence-electron chi connectivity index (χ4n) is 4.07. The lowest BCUT2D eigenvalue weighted by molar-refractivity contribution is -0.143. The topological polar surface area (TPSA) is 58.6 Å². The van der Waals surface area contributed by atoms with E-state index >= 15 is 0 Å². The average molecular weight is 542 g/mol. The normalized spacial score (nSPS) is 12.5. The zero-order valence-electron chi connectivity index (χ0n) is 21.8. The van der Waals surface area contributed by atoms with Crippen molar-refractivity contribution in [2.24, 2.45) is 0 Å². The highest BCUT2D eigenvalue weighted by Gasteiger charge is 2.31. The zero-order chi connectivity index (χ0) is 26.9. The van der Waals surface area contributed by atoms with Crippen LogP contribution in [0.1, 0.15) is 42.5 Å². The lowest BCUT2D eigenvalue weighted by Gasteiger charge is -2.32. The van der Waals surface area contributed by atoms with Crippen LogP contribution in [0.25, 0.3) is 0 Å². The summed E-state index contributed by atoms with van der Waals surface area (Å²) in [7, 11) is 0. The van der Waals surface area contributed by atoms with Crippen molar-refractivity contribution in [3.63, 3.8) is 0 Å². The highest BCUT2D eigenvalue weighted by atomic mass is 35.5. The van der Waals surface area contributed by atoms with Crippen LogP contribution in [0.3, 0.4) is 0 Å². The van der Waals surface area contributed by atoms with Gasteiger partial charge < -0.3 is 15.0 Å². The minimum absolute atomic E-state index is 0.0285. The van der Waals surface area contributed by atoms with Gasteiger partial charge in [-0.2, -0.15) is 0 Å². The quantitative estimate of drug-likeness (QED) is 0.300. The molecule has 0 fully saturated rings. The third-order valence-electron chi connectivity index (χ3n) is 6.17. The van der Waals surface area contributed by atoms with Gasteiger partial charge in [-0.3, -0.25) is 9.59 Å². The zero-order valence-corrected chi connectivity index (χ0v) is 23.3. The van der Waals surface area contributed by atoms with E-state index in [4.69, 9.17) is 27.9 Å². The van der Waals surface area contributed by atoms with Crippen LogP contribution in [0, 0.1) is 13.8 Å². The van der Waals surface area contributed by atoms with Crippen molar-refractivity contribution in [1.29, 1.82) is 0 Å². The molecular formula is C30H34Cl2N2O3. The van der Waals surface area contributed by atoms with Gasteiger partial charge >= 0.3 is 0 Å². The second-order valence-corrected chi connectivity index (χ2v) is 10.2. The summed E-state index contributed by atoms with van der Waals surface area (Å²) in [6.07, 6.45) is 1.14. The molecule has 0 aliphatic rings. The first-order valence-electron chi connectivity index (χ1n) is 12.4. The summed E-state index contributed by atoms with van der Waals surface area (Å²) in [6.45, 7) is 7.89. The van der Waals surface area contributed by atoms with Gasteiger partial charge in [-0.1, -0.05) is 72.6 Å². The number of rotatable bonds is 11. The van der Waals surface area contributed by atoms with Crippen LogP contribution >= 0.6 is 23.2 Å². The third kappa shape index (κ3) is 8.51. The molecule has 0 saturated heterocycles. The van der Waals surface area contributed by atoms with E-state index in [2.05, 4.69) is 5.32 Å². The Morgan fingerprint density at radius 3 is 2.22 bits per heavy atom. The summed E-state index contributed by atoms with van der Waals surface area (Å²) in [5.41, 5.74) is 3.81. The third-order valence-corrected chi connectivity index (χ3v) is 6.91. The number of hydrogen-bond donors (Lipinski definition) is 1. The molecule has 0 saturated carbocycles. The van der Waals surface area contributed by atoms with E-state index < -0.39 is 6.04 Å². The summed E-state index contributed by atoms with van der Waals surface area (Å²) >= 11 is 12.4. The maximum absolute atomic E-state index is 13.7. The molecule has 3 rings (SSSR count). The number of carbonyl (C=O) groups excluding carboxylic acids is 2. The largest absolute Gasteiger partial charge is 0.484 e. The van der Waals surface area contributed by atoms with Crippen molar-refractivity contribution in [3.05, 3.63) is 99.0 Å². The number of benzene rings is 3. The molecule has 5 nitrogen and oxygen atoms in total. The molecule has 1 N–H and O–H groups in total. The lowest BCUT2D eigenvalue weighted by atomic mass is 10.0. The minimum atomic E-state index is -0.749. The Balaban J connectivity index is 1.94. The Hall–Kier alpha value is -3.02. The molecule has 0 aliphatic carbocycles. The highest BCUT2D eigenvalue weighted by molar-refractivity contribution is 6.42. The molecule has 2 amide bonds. The second-order valence-electron chi connectivity index (χ2n) is 9.41. The standard InChI is InChI=1S/C30H34Cl2N2O3/c1-5-22(4)33-30(36)28(17-23-9-7-6-8-10-23)34(18-24-11-12-26(31)27(32)16-24)29(35)19-37-25-14-20(2)13-21(3)15-25/h6-16,22,28H,5,17-19H2,1-4H3,(H,33,36). The molecule has 0 heterocycles. The predicted octanol–water partition coefficient (Wildman–Crippen LogP) is 6.54. The smallest absolute Gasteiger partial charge is 0.261 e. The number of hydrogen-bond acceptors (Lipinski definition) is 3. The van der Waals surface area contributed by atoms with Crippen LogP contribution in [-0.4, -0.2) is 35.4 Å². The Bertz CT molecular complexity index is 1200. The van der Waals surface area contributed by atoms with Crippen molar-refractivity contribution in [3.8, 4) is 5.75 Å². The number of amides is 2. The first-order chi connectivity index (χ1) is 17.7. The number of ether oxygens (including phenoxy) is 1. The van der Waals surface area contributed by atoms with Gasteiger partial charge in [-0.25, -0.2) is 0 Å². The number of halogens is 2. The average Bonchev–Trinajstić information content (AvgIpc) is 2.86. The molecule has 0 spiro atoms. The van der Waals surface area contributed by atoms with Gasteiger partial charge in [0.25, 0.3) is 5.91 Å². The minimum Gasteiger partial charge on any atom is -0.484 e. The SMILES string of the molecule is CCC(C)NC(=O)C(Cc1ccccc1)N(Cc1ccc(Cl)c(Cl)c1)C(=O)COc1cc(C)cc(C)c1. The van der Waals surface area contributed by atoms with Crippen molar-refractivity contribution in [2.75, 3.05) is 6.61 Å². The molecule has 3 aromatic carbocycles. The van der Waals surface area contributed by atoms with Gasteiger partial charge in [-0.05, 0) is 73.7 Å². The maximum Gasteiger partial charge on any atom is 0.261 e. The second kappa shape index (κ2) is 13.5. The first kappa shape index (κ1) is 28.5. The Morgan fingerprint density at radius 2 is 1.59 bits per heavy atom. The molecule has 0 bridgehead atoms. The van der Waals surface area contributed by atoms with Crippen LogP contribution in [-0.2, 0) is 22.6 Å². The monoisotopic (exact) mass is 540 g/mol. The number of carbonyl (C=O) groups is 2. The van der Waals surface area contributed by atoms with E-state index in [0.29, 0.717) is 22.2 Å². The van der Waals surface area contributed by atoms with Gasteiger partial charge in [0.15, 0.2) is 6.61 Å². The first-order valence-corrected chi connectivity index (χ1v) is 13.2. The van der Waals surface area contributed by atoms with Gasteiger partial charge in [0.1, 0.15) is 11.8 Å². The van der Waals surface area contributed by atoms with E-state index in [1.807, 2.05) is 82.3 Å². The van der Waals surface area contributed by atoms with E-state index in [1.54, 1.807) is 17.0 Å². The molecule has 0 aromatic heterocycles. The van der Waals surface area contributed by atoms with Crippen LogP contribution in [0.15, 0.2) is 66.7 Å². The van der Waals surface area contributed by atoms with Gasteiger partial charge in [-0.15, -0.1) is 0 Å². The molecule has 0 aliphatic heterocycles. The Morgan fingerprint density at radius 1 is 0.919 bits per heavy atom. The molecule has 7 heteroatoms. The highest BCUT2D eigenvalue weighted by Crippen LogP contribution is 2.25. The number of aryl methyl sites for hydroxylation is 2. The molecule has 2 atom stereocenters. The fraction of sp³-hybridized carbons (Fsp3) is 0.333. The summed E-state index contributed by atoms with van der Waals surface area (Å²) in [5.74, 6) is 0.104. The van der Waals surface area contributed by atoms with Crippen LogP contribution < -0.4 is 10.1 Å². The molecule has 3 aromatic rings. The summed E-state index contributed by atoms with van der Waals surface area (Å²) in [6, 6.07) is 20.0. The van der Waals surface area contributed by atoms with Gasteiger partial charge in [0.05, 0.1) is 10.0 Å². The summed E-state index contributed by atoms with van der Waals surface area (Å²) < 4.78 is 5.90. The van der Waals surface area contributed by atoms with Crippen molar-refractivity contribution < 1.29 is 14.3 Å². The molecular weight excluding hydrogens is 507 g/mol. The number of nitrogens with zero attached hydrogens (tertiary/aromatic N) is 1. The number of nitrogens with one attached hydrogen (secondary N) is 1. The van der Waals surface area contributed by atoms with E-state index in [0.717, 1.165) is 28.7 Å². The van der Waals surface area contributed by atoms with Gasteiger partial charge in [0.2, 0.25) is 5.91 Å². The molecule has 2 unspecified atom stereocenters. The summed E-state index contributed by atoms with van der Waals surface area (Å²) in [4.78, 5) is 28.8. The van der Waals surface area contributed by atoms with Crippen molar-refractivity contribution in [2.45, 2.75) is 59.2 Å². The maximum atomic E-state index is 13.7. The lowest BCUT2D eigenvalue weighted by Crippen LogP contribution is -2.53. The summed E-state index contributed by atoms with van der Waals surface area (Å²) in [5, 5.41) is 3.88. The van der Waals surface area contributed by atoms with E-state index in [-0.39, 0.29) is 31.0 Å². The molecule has 37 heavy (non-hydrogen) atoms.